The number of piperidine rings is 1. The van der Waals surface area contributed by atoms with Crippen molar-refractivity contribution in [3.05, 3.63) is 94.5 Å². The standard InChI is InChI=1S/C23H22ClN3O/c24-19-9-7-17(8-10-19)16-20-4-3-6-21(26-20)18-11-14-27(15-12-18)23(28)22-5-1-2-13-25-22/h1-10,13,18H,11-12,14-16H2. The highest BCUT2D eigenvalue weighted by Crippen LogP contribution is 2.27. The number of rotatable bonds is 4. The van der Waals surface area contributed by atoms with Gasteiger partial charge in [-0.15, -0.1) is 0 Å². The Balaban J connectivity index is 1.39. The molecule has 5 heteroatoms. The number of carbonyl (C=O) groups excluding carboxylic acids is 1. The lowest BCUT2D eigenvalue weighted by Gasteiger charge is -2.31. The summed E-state index contributed by atoms with van der Waals surface area (Å²) >= 11 is 5.97. The third-order valence-electron chi connectivity index (χ3n) is 5.21. The van der Waals surface area contributed by atoms with Gasteiger partial charge in [0.15, 0.2) is 0 Å². The Labute approximate surface area is 170 Å². The number of nitrogens with zero attached hydrogens (tertiary/aromatic N) is 3. The molecule has 1 fully saturated rings. The maximum absolute atomic E-state index is 12.6. The van der Waals surface area contributed by atoms with Gasteiger partial charge in [-0.2, -0.15) is 0 Å². The molecule has 0 N–H and O–H groups in total. The molecule has 0 atom stereocenters. The van der Waals surface area contributed by atoms with Crippen molar-refractivity contribution in [1.82, 2.24) is 14.9 Å². The molecule has 0 radical (unpaired) electrons. The van der Waals surface area contributed by atoms with Crippen LogP contribution >= 0.6 is 11.6 Å². The SMILES string of the molecule is O=C(c1ccccn1)N1CCC(c2cccc(Cc3ccc(Cl)cc3)n2)CC1. The maximum Gasteiger partial charge on any atom is 0.272 e. The lowest BCUT2D eigenvalue weighted by molar-refractivity contribution is 0.0706. The van der Waals surface area contributed by atoms with E-state index in [-0.39, 0.29) is 5.91 Å². The molecule has 3 heterocycles. The zero-order chi connectivity index (χ0) is 19.3. The van der Waals surface area contributed by atoms with Crippen LogP contribution < -0.4 is 0 Å². The summed E-state index contributed by atoms with van der Waals surface area (Å²) in [6.45, 7) is 1.48. The minimum absolute atomic E-state index is 0.0171. The van der Waals surface area contributed by atoms with Gasteiger partial charge in [-0.1, -0.05) is 35.9 Å². The highest BCUT2D eigenvalue weighted by atomic mass is 35.5. The topological polar surface area (TPSA) is 46.1 Å². The zero-order valence-electron chi connectivity index (χ0n) is 15.6. The first kappa shape index (κ1) is 18.6. The second-order valence-corrected chi connectivity index (χ2v) is 7.57. The van der Waals surface area contributed by atoms with Gasteiger partial charge in [0.05, 0.1) is 0 Å². The number of amides is 1. The van der Waals surface area contributed by atoms with E-state index in [4.69, 9.17) is 16.6 Å². The second-order valence-electron chi connectivity index (χ2n) is 7.14. The normalized spacial score (nSPS) is 14.8. The summed E-state index contributed by atoms with van der Waals surface area (Å²) in [6.07, 6.45) is 4.31. The van der Waals surface area contributed by atoms with E-state index in [1.807, 2.05) is 41.3 Å². The van der Waals surface area contributed by atoms with Crippen LogP contribution in [-0.2, 0) is 6.42 Å². The van der Waals surface area contributed by atoms with Crippen molar-refractivity contribution in [2.24, 2.45) is 0 Å². The molecule has 0 spiro atoms. The predicted octanol–water partition coefficient (Wildman–Crippen LogP) is 4.74. The Morgan fingerprint density at radius 2 is 1.79 bits per heavy atom. The van der Waals surface area contributed by atoms with Crippen LogP contribution in [-0.4, -0.2) is 33.9 Å². The molecule has 2 aromatic heterocycles. The van der Waals surface area contributed by atoms with E-state index in [1.54, 1.807) is 12.3 Å². The maximum atomic E-state index is 12.6. The molecule has 4 rings (SSSR count). The van der Waals surface area contributed by atoms with E-state index in [1.165, 1.54) is 5.56 Å². The average molecular weight is 392 g/mol. The van der Waals surface area contributed by atoms with Crippen molar-refractivity contribution in [2.45, 2.75) is 25.2 Å². The average Bonchev–Trinajstić information content (AvgIpc) is 2.76. The van der Waals surface area contributed by atoms with Crippen molar-refractivity contribution in [3.8, 4) is 0 Å². The lowest BCUT2D eigenvalue weighted by atomic mass is 9.92. The summed E-state index contributed by atoms with van der Waals surface area (Å²) in [5.74, 6) is 0.404. The molecule has 0 unspecified atom stereocenters. The smallest absolute Gasteiger partial charge is 0.272 e. The summed E-state index contributed by atoms with van der Waals surface area (Å²) in [6, 6.07) is 19.6. The van der Waals surface area contributed by atoms with Gasteiger partial charge in [-0.05, 0) is 54.8 Å². The quantitative estimate of drug-likeness (QED) is 0.645. The molecule has 0 aliphatic carbocycles. The van der Waals surface area contributed by atoms with Gasteiger partial charge >= 0.3 is 0 Å². The number of carbonyl (C=O) groups is 1. The van der Waals surface area contributed by atoms with Crippen molar-refractivity contribution < 1.29 is 4.79 Å². The van der Waals surface area contributed by atoms with Gasteiger partial charge in [0.1, 0.15) is 5.69 Å². The first-order chi connectivity index (χ1) is 13.7. The fourth-order valence-corrected chi connectivity index (χ4v) is 3.79. The molecule has 1 aromatic carbocycles. The van der Waals surface area contributed by atoms with E-state index < -0.39 is 0 Å². The van der Waals surface area contributed by atoms with Gasteiger partial charge in [-0.3, -0.25) is 14.8 Å². The number of aromatic nitrogens is 2. The van der Waals surface area contributed by atoms with Crippen molar-refractivity contribution in [3.63, 3.8) is 0 Å². The lowest BCUT2D eigenvalue weighted by Crippen LogP contribution is -2.38. The Hall–Kier alpha value is -2.72. The van der Waals surface area contributed by atoms with Gasteiger partial charge in [0.2, 0.25) is 0 Å². The van der Waals surface area contributed by atoms with Crippen molar-refractivity contribution >= 4 is 17.5 Å². The minimum atomic E-state index is 0.0171. The second kappa shape index (κ2) is 8.53. The van der Waals surface area contributed by atoms with E-state index in [2.05, 4.69) is 23.2 Å². The van der Waals surface area contributed by atoms with Gasteiger partial charge in [0.25, 0.3) is 5.91 Å². The molecular formula is C23H22ClN3O. The van der Waals surface area contributed by atoms with E-state index in [0.29, 0.717) is 11.6 Å². The minimum Gasteiger partial charge on any atom is -0.337 e. The van der Waals surface area contributed by atoms with Crippen molar-refractivity contribution in [1.29, 1.82) is 0 Å². The highest BCUT2D eigenvalue weighted by Gasteiger charge is 2.25. The fourth-order valence-electron chi connectivity index (χ4n) is 3.66. The summed E-state index contributed by atoms with van der Waals surface area (Å²) in [4.78, 5) is 23.5. The molecule has 1 saturated heterocycles. The Bertz CT molecular complexity index is 936. The summed E-state index contributed by atoms with van der Waals surface area (Å²) in [5.41, 5.74) is 3.90. The predicted molar refractivity (Wildman–Crippen MR) is 111 cm³/mol. The third kappa shape index (κ3) is 4.39. The first-order valence-corrected chi connectivity index (χ1v) is 9.97. The van der Waals surface area contributed by atoms with Crippen LogP contribution in [0, 0.1) is 0 Å². The number of halogens is 1. The molecule has 0 saturated carbocycles. The Morgan fingerprint density at radius 1 is 1.00 bits per heavy atom. The Kier molecular flexibility index (Phi) is 5.68. The van der Waals surface area contributed by atoms with Gasteiger partial charge < -0.3 is 4.90 Å². The number of likely N-dealkylation sites (tertiary alicyclic amines) is 1. The van der Waals surface area contributed by atoms with Crippen LogP contribution in [0.25, 0.3) is 0 Å². The molecule has 1 amide bonds. The van der Waals surface area contributed by atoms with Crippen LogP contribution in [0.3, 0.4) is 0 Å². The number of benzene rings is 1. The third-order valence-corrected chi connectivity index (χ3v) is 5.46. The molecule has 1 aliphatic heterocycles. The first-order valence-electron chi connectivity index (χ1n) is 9.59. The van der Waals surface area contributed by atoms with E-state index in [0.717, 1.165) is 48.8 Å². The van der Waals surface area contributed by atoms with Crippen molar-refractivity contribution in [2.75, 3.05) is 13.1 Å². The van der Waals surface area contributed by atoms with Crippen LogP contribution in [0.2, 0.25) is 5.02 Å². The van der Waals surface area contributed by atoms with E-state index >= 15 is 0 Å². The molecule has 4 nitrogen and oxygen atoms in total. The monoisotopic (exact) mass is 391 g/mol. The largest absolute Gasteiger partial charge is 0.337 e. The number of pyridine rings is 2. The van der Waals surface area contributed by atoms with Gasteiger partial charge in [-0.25, -0.2) is 0 Å². The molecule has 142 valence electrons. The summed E-state index contributed by atoms with van der Waals surface area (Å²) < 4.78 is 0. The Morgan fingerprint density at radius 3 is 2.50 bits per heavy atom. The summed E-state index contributed by atoms with van der Waals surface area (Å²) in [5, 5.41) is 0.748. The molecule has 0 bridgehead atoms. The van der Waals surface area contributed by atoms with Crippen LogP contribution in [0.1, 0.15) is 46.2 Å². The van der Waals surface area contributed by atoms with E-state index in [9.17, 15) is 4.79 Å². The zero-order valence-corrected chi connectivity index (χ0v) is 16.3. The van der Waals surface area contributed by atoms with Crippen LogP contribution in [0.5, 0.6) is 0 Å². The molecule has 1 aliphatic rings. The number of hydrogen-bond acceptors (Lipinski definition) is 3. The molecule has 28 heavy (non-hydrogen) atoms. The van der Waals surface area contributed by atoms with Crippen LogP contribution in [0.15, 0.2) is 66.9 Å². The molecule has 3 aromatic rings. The highest BCUT2D eigenvalue weighted by molar-refractivity contribution is 6.30. The number of hydrogen-bond donors (Lipinski definition) is 0. The fraction of sp³-hybridized carbons (Fsp3) is 0.261. The summed E-state index contributed by atoms with van der Waals surface area (Å²) in [7, 11) is 0. The molecular weight excluding hydrogens is 370 g/mol. The van der Waals surface area contributed by atoms with Crippen LogP contribution in [0.4, 0.5) is 0 Å². The van der Waals surface area contributed by atoms with Gasteiger partial charge in [0, 0.05) is 48.0 Å².